The number of carbonyl (C=O) groups is 1. The fourth-order valence-electron chi connectivity index (χ4n) is 2.53. The summed E-state index contributed by atoms with van der Waals surface area (Å²) < 4.78 is 13.2. The molecule has 2 heterocycles. The lowest BCUT2D eigenvalue weighted by atomic mass is 10.1. The number of thioether (sulfide) groups is 1. The first-order valence-corrected chi connectivity index (χ1v) is 9.93. The summed E-state index contributed by atoms with van der Waals surface area (Å²) in [6, 6.07) is 13.8. The molecule has 7 heteroatoms. The van der Waals surface area contributed by atoms with Crippen molar-refractivity contribution in [3.05, 3.63) is 64.4 Å². The van der Waals surface area contributed by atoms with Crippen LogP contribution < -0.4 is 5.32 Å². The van der Waals surface area contributed by atoms with E-state index in [4.69, 9.17) is 0 Å². The van der Waals surface area contributed by atoms with Gasteiger partial charge in [-0.25, -0.2) is 9.37 Å². The molecule has 0 aliphatic rings. The average Bonchev–Trinajstić information content (AvgIpc) is 3.06. The summed E-state index contributed by atoms with van der Waals surface area (Å²) in [5.74, 6) is -0.625. The standard InChI is InChI=1S/C20H16FN3OS2/c1-12-8-16(18-7-6-13(2)27-18)17(10-22)20(23-12)26-11-19(25)24-15-5-3-4-14(21)9-15/h3-9H,11H2,1-2H3,(H,24,25). The summed E-state index contributed by atoms with van der Waals surface area (Å²) in [6.45, 7) is 3.88. The third-order valence-electron chi connectivity index (χ3n) is 3.68. The highest BCUT2D eigenvalue weighted by atomic mass is 32.2. The van der Waals surface area contributed by atoms with Crippen molar-refractivity contribution in [3.8, 4) is 16.5 Å². The Hall–Kier alpha value is -2.69. The number of halogens is 1. The zero-order valence-corrected chi connectivity index (χ0v) is 16.4. The van der Waals surface area contributed by atoms with Gasteiger partial charge < -0.3 is 5.32 Å². The molecule has 0 spiro atoms. The van der Waals surface area contributed by atoms with Gasteiger partial charge in [-0.1, -0.05) is 17.8 Å². The second kappa shape index (κ2) is 8.33. The molecule has 27 heavy (non-hydrogen) atoms. The number of hydrogen-bond acceptors (Lipinski definition) is 5. The summed E-state index contributed by atoms with van der Waals surface area (Å²) in [5.41, 5.74) is 2.47. The Morgan fingerprint density at radius 1 is 1.30 bits per heavy atom. The highest BCUT2D eigenvalue weighted by Crippen LogP contribution is 2.34. The van der Waals surface area contributed by atoms with Crippen LogP contribution in [0.5, 0.6) is 0 Å². The zero-order chi connectivity index (χ0) is 19.4. The molecule has 0 aliphatic carbocycles. The van der Waals surface area contributed by atoms with Gasteiger partial charge in [0.25, 0.3) is 0 Å². The van der Waals surface area contributed by atoms with Crippen LogP contribution in [0.25, 0.3) is 10.4 Å². The van der Waals surface area contributed by atoms with Crippen molar-refractivity contribution >= 4 is 34.7 Å². The maximum Gasteiger partial charge on any atom is 0.234 e. The number of amides is 1. The molecule has 0 saturated carbocycles. The van der Waals surface area contributed by atoms with Crippen LogP contribution in [0.3, 0.4) is 0 Å². The van der Waals surface area contributed by atoms with Crippen molar-refractivity contribution in [2.24, 2.45) is 0 Å². The minimum atomic E-state index is -0.413. The topological polar surface area (TPSA) is 65.8 Å². The van der Waals surface area contributed by atoms with Gasteiger partial charge in [-0.15, -0.1) is 11.3 Å². The number of thiophene rings is 1. The van der Waals surface area contributed by atoms with Crippen molar-refractivity contribution in [3.63, 3.8) is 0 Å². The van der Waals surface area contributed by atoms with Gasteiger partial charge in [0.1, 0.15) is 16.9 Å². The van der Waals surface area contributed by atoms with Crippen molar-refractivity contribution in [2.75, 3.05) is 11.1 Å². The highest BCUT2D eigenvalue weighted by molar-refractivity contribution is 8.00. The molecule has 1 aromatic carbocycles. The van der Waals surface area contributed by atoms with Gasteiger partial charge in [0.15, 0.2) is 0 Å². The van der Waals surface area contributed by atoms with Gasteiger partial charge >= 0.3 is 0 Å². The van der Waals surface area contributed by atoms with E-state index in [2.05, 4.69) is 16.4 Å². The number of pyridine rings is 1. The van der Waals surface area contributed by atoms with Crippen LogP contribution in [-0.2, 0) is 4.79 Å². The molecule has 3 aromatic rings. The Balaban J connectivity index is 1.79. The largest absolute Gasteiger partial charge is 0.325 e. The molecule has 136 valence electrons. The van der Waals surface area contributed by atoms with Crippen LogP contribution in [0.2, 0.25) is 0 Å². The summed E-state index contributed by atoms with van der Waals surface area (Å²) in [6.07, 6.45) is 0. The number of hydrogen-bond donors (Lipinski definition) is 1. The Kier molecular flexibility index (Phi) is 5.89. The van der Waals surface area contributed by atoms with E-state index < -0.39 is 5.82 Å². The summed E-state index contributed by atoms with van der Waals surface area (Å²) >= 11 is 2.81. The molecule has 0 fully saturated rings. The minimum Gasteiger partial charge on any atom is -0.325 e. The summed E-state index contributed by atoms with van der Waals surface area (Å²) in [7, 11) is 0. The van der Waals surface area contributed by atoms with Crippen molar-refractivity contribution < 1.29 is 9.18 Å². The van der Waals surface area contributed by atoms with Crippen LogP contribution in [0.4, 0.5) is 10.1 Å². The van der Waals surface area contributed by atoms with Crippen LogP contribution in [-0.4, -0.2) is 16.6 Å². The number of anilines is 1. The lowest BCUT2D eigenvalue weighted by Crippen LogP contribution is -2.14. The van der Waals surface area contributed by atoms with Crippen LogP contribution in [0, 0.1) is 31.0 Å². The van der Waals surface area contributed by atoms with E-state index in [9.17, 15) is 14.4 Å². The summed E-state index contributed by atoms with van der Waals surface area (Å²) in [5, 5.41) is 12.8. The highest BCUT2D eigenvalue weighted by Gasteiger charge is 2.16. The number of nitriles is 1. The van der Waals surface area contributed by atoms with Gasteiger partial charge in [0.2, 0.25) is 5.91 Å². The first-order chi connectivity index (χ1) is 13.0. The molecular weight excluding hydrogens is 381 g/mol. The van der Waals surface area contributed by atoms with Gasteiger partial charge in [0, 0.05) is 26.7 Å². The van der Waals surface area contributed by atoms with Crippen LogP contribution in [0.15, 0.2) is 47.5 Å². The van der Waals surface area contributed by atoms with Gasteiger partial charge in [-0.2, -0.15) is 5.26 Å². The van der Waals surface area contributed by atoms with Gasteiger partial charge in [-0.05, 0) is 50.2 Å². The quantitative estimate of drug-likeness (QED) is 0.603. The van der Waals surface area contributed by atoms with Gasteiger partial charge in [-0.3, -0.25) is 4.79 Å². The van der Waals surface area contributed by atoms with Crippen molar-refractivity contribution in [2.45, 2.75) is 18.9 Å². The monoisotopic (exact) mass is 397 g/mol. The van der Waals surface area contributed by atoms with E-state index in [1.54, 1.807) is 17.4 Å². The molecule has 1 amide bonds. The Morgan fingerprint density at radius 3 is 2.78 bits per heavy atom. The molecule has 1 N–H and O–H groups in total. The predicted molar refractivity (Wildman–Crippen MR) is 107 cm³/mol. The smallest absolute Gasteiger partial charge is 0.234 e. The molecule has 0 unspecified atom stereocenters. The summed E-state index contributed by atoms with van der Waals surface area (Å²) in [4.78, 5) is 18.8. The number of aromatic nitrogens is 1. The first kappa shape index (κ1) is 19.1. The van der Waals surface area contributed by atoms with E-state index in [1.165, 1.54) is 30.0 Å². The Morgan fingerprint density at radius 2 is 2.11 bits per heavy atom. The second-order valence-corrected chi connectivity index (χ2v) is 8.11. The lowest BCUT2D eigenvalue weighted by Gasteiger charge is -2.10. The first-order valence-electron chi connectivity index (χ1n) is 8.13. The van der Waals surface area contributed by atoms with E-state index in [0.29, 0.717) is 16.3 Å². The minimum absolute atomic E-state index is 0.0740. The molecule has 0 aliphatic heterocycles. The number of aryl methyl sites for hydroxylation is 2. The number of nitrogens with zero attached hydrogens (tertiary/aromatic N) is 2. The molecule has 0 radical (unpaired) electrons. The maximum atomic E-state index is 13.2. The fraction of sp³-hybridized carbons (Fsp3) is 0.150. The van der Waals surface area contributed by atoms with Crippen LogP contribution >= 0.6 is 23.1 Å². The molecule has 0 atom stereocenters. The van der Waals surface area contributed by atoms with E-state index in [-0.39, 0.29) is 11.7 Å². The number of benzene rings is 1. The van der Waals surface area contributed by atoms with E-state index in [0.717, 1.165) is 21.0 Å². The average molecular weight is 398 g/mol. The van der Waals surface area contributed by atoms with Crippen molar-refractivity contribution in [1.29, 1.82) is 5.26 Å². The molecule has 4 nitrogen and oxygen atoms in total. The fourth-order valence-corrected chi connectivity index (χ4v) is 4.27. The number of carbonyl (C=O) groups excluding carboxylic acids is 1. The second-order valence-electron chi connectivity index (χ2n) is 5.86. The molecule has 3 rings (SSSR count). The maximum absolute atomic E-state index is 13.2. The predicted octanol–water partition coefficient (Wildman–Crippen LogP) is 5.17. The van der Waals surface area contributed by atoms with E-state index in [1.807, 2.05) is 32.0 Å². The third kappa shape index (κ3) is 4.73. The SMILES string of the molecule is Cc1cc(-c2ccc(C)s2)c(C#N)c(SCC(=O)Nc2cccc(F)c2)n1. The molecular formula is C20H16FN3OS2. The Bertz CT molecular complexity index is 1040. The third-order valence-corrected chi connectivity index (χ3v) is 5.69. The Labute approximate surface area is 165 Å². The van der Waals surface area contributed by atoms with Gasteiger partial charge in [0.05, 0.1) is 11.3 Å². The molecule has 2 aromatic heterocycles. The molecule has 0 bridgehead atoms. The zero-order valence-electron chi connectivity index (χ0n) is 14.7. The van der Waals surface area contributed by atoms with Crippen LogP contribution in [0.1, 0.15) is 16.1 Å². The van der Waals surface area contributed by atoms with E-state index >= 15 is 0 Å². The lowest BCUT2D eigenvalue weighted by molar-refractivity contribution is -0.113. The number of nitrogens with one attached hydrogen (secondary N) is 1. The number of rotatable bonds is 5. The molecule has 0 saturated heterocycles. The normalized spacial score (nSPS) is 10.4. The van der Waals surface area contributed by atoms with Crippen molar-refractivity contribution in [1.82, 2.24) is 4.98 Å².